The average Bonchev–Trinajstić information content (AvgIpc) is 2.80. The molecule has 0 aromatic heterocycles. The maximum Gasteiger partial charge on any atom is 0.322 e. The third-order valence-electron chi connectivity index (χ3n) is 4.91. The number of likely N-dealkylation sites (tertiary alicyclic amines) is 1. The molecule has 0 radical (unpaired) electrons. The first kappa shape index (κ1) is 24.6. The van der Waals surface area contributed by atoms with E-state index in [9.17, 15) is 19.2 Å². The molecule has 1 atom stereocenters. The molecular weight excluding hydrogens is 422 g/mol. The first-order chi connectivity index (χ1) is 15.2. The molecule has 0 saturated carbocycles. The number of carboxylic acids is 1. The Hall–Kier alpha value is -3.67. The predicted molar refractivity (Wildman–Crippen MR) is 112 cm³/mol. The number of amides is 3. The number of hydrogen-bond donors (Lipinski definition) is 5. The van der Waals surface area contributed by atoms with Crippen LogP contribution < -0.4 is 16.4 Å². The number of aliphatic carboxylic acids is 1. The van der Waals surface area contributed by atoms with E-state index >= 15 is 0 Å². The highest BCUT2D eigenvalue weighted by Gasteiger charge is 2.27. The summed E-state index contributed by atoms with van der Waals surface area (Å²) < 4.78 is 5.48. The van der Waals surface area contributed by atoms with Crippen molar-refractivity contribution < 1.29 is 34.2 Å². The molecule has 1 aromatic rings. The van der Waals surface area contributed by atoms with Crippen LogP contribution in [0.1, 0.15) is 35.7 Å². The van der Waals surface area contributed by atoms with Crippen molar-refractivity contribution in [2.45, 2.75) is 31.9 Å². The zero-order chi connectivity index (χ0) is 23.7. The summed E-state index contributed by atoms with van der Waals surface area (Å²) in [6.07, 6.45) is 0.829. The maximum absolute atomic E-state index is 12.7. The number of nitrogens with two attached hydrogens (primary N) is 1. The Kier molecular flexibility index (Phi) is 8.95. The molecule has 1 heterocycles. The third kappa shape index (κ3) is 7.23. The lowest BCUT2D eigenvalue weighted by atomic mass is 10.1. The number of amidine groups is 1. The fourth-order valence-electron chi connectivity index (χ4n) is 3.13. The van der Waals surface area contributed by atoms with Gasteiger partial charge in [0.05, 0.1) is 6.10 Å². The van der Waals surface area contributed by atoms with Crippen molar-refractivity contribution in [3.8, 4) is 0 Å². The first-order valence-electron chi connectivity index (χ1n) is 9.99. The van der Waals surface area contributed by atoms with E-state index in [2.05, 4.69) is 15.8 Å². The van der Waals surface area contributed by atoms with Gasteiger partial charge in [0.1, 0.15) is 19.2 Å². The van der Waals surface area contributed by atoms with Crippen LogP contribution in [0.3, 0.4) is 0 Å². The van der Waals surface area contributed by atoms with Crippen LogP contribution in [0.2, 0.25) is 0 Å². The van der Waals surface area contributed by atoms with Gasteiger partial charge < -0.3 is 36.3 Å². The number of carboxylic acid groups (broad SMARTS) is 1. The number of oxime groups is 1. The molecule has 0 bridgehead atoms. The molecule has 1 aliphatic heterocycles. The first-order valence-corrected chi connectivity index (χ1v) is 9.99. The molecule has 3 amide bonds. The molecular formula is C20H27N5O7. The van der Waals surface area contributed by atoms with E-state index in [1.807, 2.05) is 0 Å². The van der Waals surface area contributed by atoms with Crippen LogP contribution in [0, 0.1) is 0 Å². The van der Waals surface area contributed by atoms with Crippen LogP contribution in [-0.2, 0) is 19.1 Å². The van der Waals surface area contributed by atoms with Crippen LogP contribution >= 0.6 is 0 Å². The smallest absolute Gasteiger partial charge is 0.322 e. The minimum absolute atomic E-state index is 0.0752. The summed E-state index contributed by atoms with van der Waals surface area (Å²) in [5.74, 6) is -2.38. The van der Waals surface area contributed by atoms with Crippen molar-refractivity contribution >= 4 is 29.5 Å². The van der Waals surface area contributed by atoms with Gasteiger partial charge in [0.25, 0.3) is 5.91 Å². The molecule has 1 aliphatic rings. The quantitative estimate of drug-likeness (QED) is 0.139. The van der Waals surface area contributed by atoms with Gasteiger partial charge >= 0.3 is 5.97 Å². The molecule has 32 heavy (non-hydrogen) atoms. The Morgan fingerprint density at radius 2 is 1.78 bits per heavy atom. The molecule has 1 unspecified atom stereocenters. The van der Waals surface area contributed by atoms with Crippen molar-refractivity contribution in [2.75, 3.05) is 26.2 Å². The van der Waals surface area contributed by atoms with Crippen molar-refractivity contribution in [3.05, 3.63) is 35.4 Å². The van der Waals surface area contributed by atoms with E-state index in [-0.39, 0.29) is 24.5 Å². The molecule has 12 nitrogen and oxygen atoms in total. The largest absolute Gasteiger partial charge is 0.480 e. The molecule has 0 spiro atoms. The number of nitrogens with one attached hydrogen (secondary N) is 2. The summed E-state index contributed by atoms with van der Waals surface area (Å²) in [5.41, 5.74) is 6.27. The lowest BCUT2D eigenvalue weighted by Gasteiger charge is -2.33. The topological polar surface area (TPSA) is 184 Å². The van der Waals surface area contributed by atoms with Crippen molar-refractivity contribution in [1.82, 2.24) is 15.5 Å². The van der Waals surface area contributed by atoms with E-state index in [4.69, 9.17) is 20.8 Å². The lowest BCUT2D eigenvalue weighted by molar-refractivity contribution is -0.140. The van der Waals surface area contributed by atoms with Gasteiger partial charge in [-0.25, -0.2) is 0 Å². The number of nitrogens with zero attached hydrogens (tertiary/aromatic N) is 2. The standard InChI is InChI=1S/C20H27N5O7/c1-12(23-19(29)14-4-2-13(3-5-14)18(21)24-31)20(30)25-8-6-15(7-9-25)32-11-16(26)22-10-17(27)28/h2-5,12,15,31H,6-11H2,1H3,(H2,21,24)(H,22,26)(H,23,29)(H,27,28). The molecule has 6 N–H and O–H groups in total. The maximum atomic E-state index is 12.7. The van der Waals surface area contributed by atoms with Crippen LogP contribution in [-0.4, -0.2) is 83.1 Å². The van der Waals surface area contributed by atoms with Crippen LogP contribution in [0.5, 0.6) is 0 Å². The molecule has 1 saturated heterocycles. The highest BCUT2D eigenvalue weighted by atomic mass is 16.5. The zero-order valence-electron chi connectivity index (χ0n) is 17.6. The fourth-order valence-corrected chi connectivity index (χ4v) is 3.13. The summed E-state index contributed by atoms with van der Waals surface area (Å²) in [4.78, 5) is 48.6. The van der Waals surface area contributed by atoms with Crippen LogP contribution in [0.4, 0.5) is 0 Å². The second-order valence-electron chi connectivity index (χ2n) is 7.26. The summed E-state index contributed by atoms with van der Waals surface area (Å²) in [5, 5.41) is 25.0. The molecule has 2 rings (SSSR count). The van der Waals surface area contributed by atoms with E-state index in [0.29, 0.717) is 37.1 Å². The normalized spacial score (nSPS) is 15.7. The summed E-state index contributed by atoms with van der Waals surface area (Å²) in [6, 6.07) is 5.34. The van der Waals surface area contributed by atoms with Gasteiger partial charge in [0.15, 0.2) is 5.84 Å². The van der Waals surface area contributed by atoms with Crippen molar-refractivity contribution in [3.63, 3.8) is 0 Å². The SMILES string of the molecule is CC(NC(=O)c1ccc(/C(N)=N/O)cc1)C(=O)N1CCC(OCC(=O)NCC(=O)O)CC1. The number of carbonyl (C=O) groups is 4. The summed E-state index contributed by atoms with van der Waals surface area (Å²) in [6.45, 7) is 1.71. The highest BCUT2D eigenvalue weighted by Crippen LogP contribution is 2.15. The van der Waals surface area contributed by atoms with Crippen LogP contribution in [0.25, 0.3) is 0 Å². The number of benzene rings is 1. The van der Waals surface area contributed by atoms with Gasteiger partial charge in [-0.2, -0.15) is 0 Å². The van der Waals surface area contributed by atoms with Gasteiger partial charge in [-0.15, -0.1) is 0 Å². The van der Waals surface area contributed by atoms with Crippen LogP contribution in [0.15, 0.2) is 29.4 Å². The van der Waals surface area contributed by atoms with Crippen molar-refractivity contribution in [2.24, 2.45) is 10.9 Å². The van der Waals surface area contributed by atoms with Gasteiger partial charge in [0, 0.05) is 24.2 Å². The van der Waals surface area contributed by atoms with E-state index in [1.165, 1.54) is 24.3 Å². The number of piperidine rings is 1. The van der Waals surface area contributed by atoms with Gasteiger partial charge in [-0.1, -0.05) is 17.3 Å². The Balaban J connectivity index is 1.77. The van der Waals surface area contributed by atoms with Gasteiger partial charge in [0.2, 0.25) is 11.8 Å². The number of hydrogen-bond acceptors (Lipinski definition) is 7. The number of carbonyl (C=O) groups excluding carboxylic acids is 3. The second kappa shape index (κ2) is 11.6. The number of ether oxygens (including phenoxy) is 1. The second-order valence-corrected chi connectivity index (χ2v) is 7.26. The van der Waals surface area contributed by atoms with Gasteiger partial charge in [-0.05, 0) is 31.9 Å². The summed E-state index contributed by atoms with van der Waals surface area (Å²) in [7, 11) is 0. The Morgan fingerprint density at radius 3 is 2.34 bits per heavy atom. The minimum atomic E-state index is -1.13. The lowest BCUT2D eigenvalue weighted by Crippen LogP contribution is -2.50. The molecule has 12 heteroatoms. The molecule has 1 aromatic carbocycles. The fraction of sp³-hybridized carbons (Fsp3) is 0.450. The third-order valence-corrected chi connectivity index (χ3v) is 4.91. The molecule has 174 valence electrons. The van der Waals surface area contributed by atoms with Crippen molar-refractivity contribution in [1.29, 1.82) is 0 Å². The number of rotatable bonds is 9. The minimum Gasteiger partial charge on any atom is -0.480 e. The Morgan fingerprint density at radius 1 is 1.19 bits per heavy atom. The Bertz CT molecular complexity index is 864. The zero-order valence-corrected chi connectivity index (χ0v) is 17.6. The van der Waals surface area contributed by atoms with Gasteiger partial charge in [-0.3, -0.25) is 19.2 Å². The molecule has 1 fully saturated rings. The Labute approximate surface area is 184 Å². The monoisotopic (exact) mass is 449 g/mol. The predicted octanol–water partition coefficient (Wildman–Crippen LogP) is -0.892. The average molecular weight is 449 g/mol. The highest BCUT2D eigenvalue weighted by molar-refractivity contribution is 6.00. The van der Waals surface area contributed by atoms with E-state index < -0.39 is 30.4 Å². The van der Waals surface area contributed by atoms with E-state index in [0.717, 1.165) is 0 Å². The molecule has 0 aliphatic carbocycles. The van der Waals surface area contributed by atoms with E-state index in [1.54, 1.807) is 11.8 Å². The summed E-state index contributed by atoms with van der Waals surface area (Å²) >= 11 is 0.